The van der Waals surface area contributed by atoms with Crippen LogP contribution in [-0.4, -0.2) is 47.0 Å². The molecule has 0 N–H and O–H groups in total. The van der Waals surface area contributed by atoms with Gasteiger partial charge in [-0.15, -0.1) is 0 Å². The Bertz CT molecular complexity index is 1030. The summed E-state index contributed by atoms with van der Waals surface area (Å²) in [6.07, 6.45) is 0. The lowest BCUT2D eigenvalue weighted by molar-refractivity contribution is 0.0616. The van der Waals surface area contributed by atoms with Crippen molar-refractivity contribution in [1.29, 1.82) is 0 Å². The van der Waals surface area contributed by atoms with E-state index in [2.05, 4.69) is 41.2 Å². The van der Waals surface area contributed by atoms with Crippen LogP contribution in [0.5, 0.6) is 5.75 Å². The Kier molecular flexibility index (Phi) is 6.37. The summed E-state index contributed by atoms with van der Waals surface area (Å²) in [5.41, 5.74) is 4.89. The molecule has 3 aromatic rings. The molecule has 1 saturated heterocycles. The highest BCUT2D eigenvalue weighted by Gasteiger charge is 2.28. The lowest BCUT2D eigenvalue weighted by Crippen LogP contribution is -2.48. The first-order chi connectivity index (χ1) is 15.0. The first-order valence-electron chi connectivity index (χ1n) is 10.7. The highest BCUT2D eigenvalue weighted by atomic mass is 16.5. The van der Waals surface area contributed by atoms with Gasteiger partial charge in [0, 0.05) is 32.7 Å². The lowest BCUT2D eigenvalue weighted by atomic mass is 10.1. The van der Waals surface area contributed by atoms with Crippen molar-refractivity contribution in [3.63, 3.8) is 0 Å². The summed E-state index contributed by atoms with van der Waals surface area (Å²) >= 11 is 0. The minimum atomic E-state index is -0.0881. The summed E-state index contributed by atoms with van der Waals surface area (Å²) in [6.45, 7) is 10.2. The van der Waals surface area contributed by atoms with E-state index in [1.807, 2.05) is 43.0 Å². The Hall–Kier alpha value is -3.12. The summed E-state index contributed by atoms with van der Waals surface area (Å²) in [5.74, 6) is 1.29. The smallest absolute Gasteiger partial charge is 0.276 e. The zero-order valence-electron chi connectivity index (χ0n) is 18.4. The van der Waals surface area contributed by atoms with E-state index in [9.17, 15) is 4.79 Å². The van der Waals surface area contributed by atoms with Crippen LogP contribution >= 0.6 is 0 Å². The number of carbonyl (C=O) groups excluding carboxylic acids is 1. The number of nitrogens with zero attached hydrogens (tertiary/aromatic N) is 3. The molecule has 0 bridgehead atoms. The molecule has 0 radical (unpaired) electrons. The molecule has 0 unspecified atom stereocenters. The molecule has 162 valence electrons. The maximum absolute atomic E-state index is 13.1. The Morgan fingerprint density at radius 3 is 2.42 bits per heavy atom. The zero-order chi connectivity index (χ0) is 21.8. The number of aryl methyl sites for hydroxylation is 3. The number of amides is 1. The van der Waals surface area contributed by atoms with E-state index in [1.54, 1.807) is 0 Å². The third kappa shape index (κ3) is 4.97. The van der Waals surface area contributed by atoms with Crippen molar-refractivity contribution in [3.05, 3.63) is 82.2 Å². The third-order valence-corrected chi connectivity index (χ3v) is 5.91. The molecule has 2 aromatic carbocycles. The molecule has 0 spiro atoms. The summed E-state index contributed by atoms with van der Waals surface area (Å²) in [5, 5.41) is 4.06. The number of benzene rings is 2. The summed E-state index contributed by atoms with van der Waals surface area (Å²) < 4.78 is 11.2. The largest absolute Gasteiger partial charge is 0.489 e. The molecule has 1 aromatic heterocycles. The van der Waals surface area contributed by atoms with Crippen molar-refractivity contribution in [3.8, 4) is 5.75 Å². The number of rotatable bonds is 6. The number of carbonyl (C=O) groups is 1. The van der Waals surface area contributed by atoms with Gasteiger partial charge in [-0.3, -0.25) is 9.69 Å². The van der Waals surface area contributed by atoms with E-state index >= 15 is 0 Å². The predicted octanol–water partition coefficient (Wildman–Crippen LogP) is 4.14. The minimum Gasteiger partial charge on any atom is -0.489 e. The molecule has 4 rings (SSSR count). The molecule has 0 saturated carbocycles. The van der Waals surface area contributed by atoms with E-state index in [0.717, 1.165) is 25.4 Å². The number of aromatic nitrogens is 1. The molecule has 0 atom stereocenters. The molecule has 2 heterocycles. The second-order valence-corrected chi connectivity index (χ2v) is 8.16. The van der Waals surface area contributed by atoms with Gasteiger partial charge in [-0.1, -0.05) is 47.1 Å². The maximum Gasteiger partial charge on any atom is 0.276 e. The fourth-order valence-corrected chi connectivity index (χ4v) is 3.81. The third-order valence-electron chi connectivity index (χ3n) is 5.91. The van der Waals surface area contributed by atoms with Gasteiger partial charge in [0.2, 0.25) is 0 Å². The van der Waals surface area contributed by atoms with E-state index in [0.29, 0.717) is 30.1 Å². The summed E-state index contributed by atoms with van der Waals surface area (Å²) in [6, 6.07) is 16.3. The van der Waals surface area contributed by atoms with Gasteiger partial charge in [-0.05, 0) is 44.0 Å². The number of hydrogen-bond donors (Lipinski definition) is 0. The lowest BCUT2D eigenvalue weighted by Gasteiger charge is -2.34. The van der Waals surface area contributed by atoms with Crippen molar-refractivity contribution < 1.29 is 14.1 Å². The van der Waals surface area contributed by atoms with Crippen molar-refractivity contribution in [2.24, 2.45) is 0 Å². The van der Waals surface area contributed by atoms with E-state index in [4.69, 9.17) is 9.26 Å². The molecule has 1 aliphatic rings. The van der Waals surface area contributed by atoms with Crippen LogP contribution in [0, 0.1) is 20.8 Å². The number of hydrogen-bond acceptors (Lipinski definition) is 5. The maximum atomic E-state index is 13.1. The van der Waals surface area contributed by atoms with Gasteiger partial charge >= 0.3 is 0 Å². The van der Waals surface area contributed by atoms with Crippen LogP contribution in [-0.2, 0) is 13.2 Å². The van der Waals surface area contributed by atoms with Crippen molar-refractivity contribution in [1.82, 2.24) is 15.0 Å². The van der Waals surface area contributed by atoms with Crippen LogP contribution in [0.2, 0.25) is 0 Å². The Balaban J connectivity index is 1.37. The van der Waals surface area contributed by atoms with Crippen LogP contribution in [0.15, 0.2) is 53.1 Å². The van der Waals surface area contributed by atoms with Crippen molar-refractivity contribution in [2.45, 2.75) is 33.9 Å². The average molecular weight is 420 g/mol. The molecule has 1 amide bonds. The molecule has 1 aliphatic heterocycles. The zero-order valence-corrected chi connectivity index (χ0v) is 18.4. The molecular weight excluding hydrogens is 390 g/mol. The first kappa shape index (κ1) is 21.1. The summed E-state index contributed by atoms with van der Waals surface area (Å²) in [4.78, 5) is 17.4. The molecule has 6 heteroatoms. The van der Waals surface area contributed by atoms with E-state index in [-0.39, 0.29) is 12.5 Å². The molecule has 6 nitrogen and oxygen atoms in total. The Morgan fingerprint density at radius 1 is 1.00 bits per heavy atom. The van der Waals surface area contributed by atoms with Crippen molar-refractivity contribution in [2.75, 3.05) is 26.2 Å². The minimum absolute atomic E-state index is 0.0881. The van der Waals surface area contributed by atoms with Gasteiger partial charge in [0.05, 0.1) is 5.56 Å². The van der Waals surface area contributed by atoms with Gasteiger partial charge in [-0.25, -0.2) is 0 Å². The highest BCUT2D eigenvalue weighted by molar-refractivity contribution is 5.93. The number of ether oxygens (including phenoxy) is 1. The Morgan fingerprint density at radius 2 is 1.71 bits per heavy atom. The van der Waals surface area contributed by atoms with Crippen LogP contribution in [0.3, 0.4) is 0 Å². The van der Waals surface area contributed by atoms with Gasteiger partial charge in [0.1, 0.15) is 18.1 Å². The predicted molar refractivity (Wildman–Crippen MR) is 119 cm³/mol. The van der Waals surface area contributed by atoms with Crippen molar-refractivity contribution >= 4 is 5.91 Å². The van der Waals surface area contributed by atoms with Crippen LogP contribution < -0.4 is 4.74 Å². The number of piperazine rings is 1. The van der Waals surface area contributed by atoms with Crippen LogP contribution in [0.25, 0.3) is 0 Å². The first-order valence-corrected chi connectivity index (χ1v) is 10.7. The van der Waals surface area contributed by atoms with Crippen LogP contribution in [0.1, 0.15) is 38.5 Å². The van der Waals surface area contributed by atoms with E-state index < -0.39 is 0 Å². The fourth-order valence-electron chi connectivity index (χ4n) is 3.81. The SMILES string of the molecule is Cc1ccc(OCc2c(C(=O)N3CCN(Cc4ccccc4C)CC3)noc2C)cc1. The Labute approximate surface area is 183 Å². The fraction of sp³-hybridized carbons (Fsp3) is 0.360. The molecule has 1 fully saturated rings. The van der Waals surface area contributed by atoms with Gasteiger partial charge in [0.15, 0.2) is 5.69 Å². The molecule has 31 heavy (non-hydrogen) atoms. The molecule has 0 aliphatic carbocycles. The quantitative estimate of drug-likeness (QED) is 0.601. The van der Waals surface area contributed by atoms with Gasteiger partial charge in [0.25, 0.3) is 5.91 Å². The topological polar surface area (TPSA) is 58.8 Å². The standard InChI is InChI=1S/C25H29N3O3/c1-18-8-10-22(11-9-18)30-17-23-20(3)31-26-24(23)25(29)28-14-12-27(13-15-28)16-21-7-5-4-6-19(21)2/h4-11H,12-17H2,1-3H3. The highest BCUT2D eigenvalue weighted by Crippen LogP contribution is 2.21. The monoisotopic (exact) mass is 419 g/mol. The van der Waals surface area contributed by atoms with Gasteiger partial charge < -0.3 is 14.2 Å². The molecular formula is C25H29N3O3. The van der Waals surface area contributed by atoms with Crippen LogP contribution in [0.4, 0.5) is 0 Å². The van der Waals surface area contributed by atoms with Gasteiger partial charge in [-0.2, -0.15) is 0 Å². The average Bonchev–Trinajstić information content (AvgIpc) is 3.15. The second kappa shape index (κ2) is 9.35. The van der Waals surface area contributed by atoms with E-state index in [1.165, 1.54) is 16.7 Å². The summed E-state index contributed by atoms with van der Waals surface area (Å²) in [7, 11) is 0. The second-order valence-electron chi connectivity index (χ2n) is 8.16. The normalized spacial score (nSPS) is 14.6.